The fourth-order valence-corrected chi connectivity index (χ4v) is 0.619. The Balaban J connectivity index is 2.84. The standard InChI is InChI=1S/C7H6N4/c8-3-6-1-2-7(10-4-6)11-5-9/h1-2,4-5H,(H2,9,10,11). The van der Waals surface area contributed by atoms with E-state index in [1.165, 1.54) is 6.20 Å². The Morgan fingerprint density at radius 2 is 2.45 bits per heavy atom. The summed E-state index contributed by atoms with van der Waals surface area (Å²) < 4.78 is 0. The van der Waals surface area contributed by atoms with Crippen molar-refractivity contribution in [3.05, 3.63) is 23.9 Å². The summed E-state index contributed by atoms with van der Waals surface area (Å²) >= 11 is 0. The average Bonchev–Trinajstić information content (AvgIpc) is 2.07. The van der Waals surface area contributed by atoms with Gasteiger partial charge in [0, 0.05) is 6.20 Å². The second kappa shape index (κ2) is 3.32. The third-order valence-corrected chi connectivity index (χ3v) is 1.11. The first-order valence-corrected chi connectivity index (χ1v) is 2.98. The number of nitrogens with one attached hydrogen (secondary N) is 2. The Kier molecular flexibility index (Phi) is 2.18. The van der Waals surface area contributed by atoms with Crippen LogP contribution in [-0.4, -0.2) is 11.3 Å². The van der Waals surface area contributed by atoms with Crippen molar-refractivity contribution in [3.63, 3.8) is 0 Å². The Morgan fingerprint density at radius 3 is 2.91 bits per heavy atom. The minimum Gasteiger partial charge on any atom is -0.332 e. The zero-order valence-corrected chi connectivity index (χ0v) is 5.70. The Bertz CT molecular complexity index is 282. The summed E-state index contributed by atoms with van der Waals surface area (Å²) in [6.07, 6.45) is 2.49. The monoisotopic (exact) mass is 146 g/mol. The van der Waals surface area contributed by atoms with Crippen molar-refractivity contribution >= 4 is 12.2 Å². The zero-order chi connectivity index (χ0) is 8.10. The highest BCUT2D eigenvalue weighted by molar-refractivity contribution is 5.70. The van der Waals surface area contributed by atoms with Crippen LogP contribution in [0.25, 0.3) is 0 Å². The van der Waals surface area contributed by atoms with Gasteiger partial charge in [-0.3, -0.25) is 5.41 Å². The molecule has 0 saturated carbocycles. The quantitative estimate of drug-likeness (QED) is 0.482. The normalized spacial score (nSPS) is 8.27. The van der Waals surface area contributed by atoms with Crippen molar-refractivity contribution < 1.29 is 0 Å². The lowest BCUT2D eigenvalue weighted by molar-refractivity contribution is 1.30. The molecule has 0 aliphatic heterocycles. The fourth-order valence-electron chi connectivity index (χ4n) is 0.619. The number of hydrogen-bond donors (Lipinski definition) is 2. The van der Waals surface area contributed by atoms with Gasteiger partial charge in [0.1, 0.15) is 11.9 Å². The maximum Gasteiger partial charge on any atom is 0.131 e. The van der Waals surface area contributed by atoms with Crippen molar-refractivity contribution in [1.82, 2.24) is 4.98 Å². The van der Waals surface area contributed by atoms with Crippen molar-refractivity contribution in [3.8, 4) is 6.07 Å². The minimum atomic E-state index is 0.514. The summed E-state index contributed by atoms with van der Waals surface area (Å²) in [6, 6.07) is 5.23. The van der Waals surface area contributed by atoms with Gasteiger partial charge in [-0.05, 0) is 12.1 Å². The molecular weight excluding hydrogens is 140 g/mol. The molecule has 0 aromatic carbocycles. The third-order valence-electron chi connectivity index (χ3n) is 1.11. The summed E-state index contributed by atoms with van der Waals surface area (Å²) in [5.41, 5.74) is 0.514. The zero-order valence-electron chi connectivity index (χ0n) is 5.70. The molecule has 0 unspecified atom stereocenters. The molecule has 11 heavy (non-hydrogen) atoms. The molecule has 2 N–H and O–H groups in total. The van der Waals surface area contributed by atoms with E-state index in [0.717, 1.165) is 6.34 Å². The molecule has 0 spiro atoms. The highest BCUT2D eigenvalue weighted by Gasteiger charge is 1.90. The predicted octanol–water partition coefficient (Wildman–Crippen LogP) is 0.972. The van der Waals surface area contributed by atoms with Crippen LogP contribution >= 0.6 is 0 Å². The van der Waals surface area contributed by atoms with Gasteiger partial charge >= 0.3 is 0 Å². The number of pyridine rings is 1. The van der Waals surface area contributed by atoms with Crippen LogP contribution in [0.2, 0.25) is 0 Å². The maximum atomic E-state index is 8.40. The van der Waals surface area contributed by atoms with Crippen LogP contribution < -0.4 is 5.32 Å². The van der Waals surface area contributed by atoms with Crippen molar-refractivity contribution in [2.45, 2.75) is 0 Å². The molecule has 0 aliphatic carbocycles. The fraction of sp³-hybridized carbons (Fsp3) is 0. The van der Waals surface area contributed by atoms with Crippen LogP contribution in [0.4, 0.5) is 5.82 Å². The predicted molar refractivity (Wildman–Crippen MR) is 41.4 cm³/mol. The maximum absolute atomic E-state index is 8.40. The smallest absolute Gasteiger partial charge is 0.131 e. The van der Waals surface area contributed by atoms with E-state index in [1.807, 2.05) is 6.07 Å². The van der Waals surface area contributed by atoms with Gasteiger partial charge in [-0.25, -0.2) is 4.98 Å². The van der Waals surface area contributed by atoms with Crippen LogP contribution in [0.3, 0.4) is 0 Å². The van der Waals surface area contributed by atoms with E-state index in [0.29, 0.717) is 11.4 Å². The van der Waals surface area contributed by atoms with E-state index in [9.17, 15) is 0 Å². The number of nitriles is 1. The Hall–Kier alpha value is -1.89. The molecule has 0 saturated heterocycles. The second-order valence-electron chi connectivity index (χ2n) is 1.83. The van der Waals surface area contributed by atoms with E-state index in [4.69, 9.17) is 10.7 Å². The molecule has 0 fully saturated rings. The van der Waals surface area contributed by atoms with Gasteiger partial charge < -0.3 is 5.32 Å². The van der Waals surface area contributed by atoms with Crippen LogP contribution in [0.1, 0.15) is 5.56 Å². The topological polar surface area (TPSA) is 72.6 Å². The molecule has 1 aromatic rings. The lowest BCUT2D eigenvalue weighted by atomic mass is 10.3. The minimum absolute atomic E-state index is 0.514. The van der Waals surface area contributed by atoms with E-state index in [1.54, 1.807) is 12.1 Å². The summed E-state index contributed by atoms with van der Waals surface area (Å²) in [5, 5.41) is 17.7. The van der Waals surface area contributed by atoms with Gasteiger partial charge in [0.2, 0.25) is 0 Å². The Morgan fingerprint density at radius 1 is 1.64 bits per heavy atom. The summed E-state index contributed by atoms with van der Waals surface area (Å²) in [6.45, 7) is 0. The van der Waals surface area contributed by atoms with Crippen LogP contribution in [0, 0.1) is 16.7 Å². The highest BCUT2D eigenvalue weighted by Crippen LogP contribution is 2.01. The Labute approximate surface area is 64.0 Å². The number of rotatable bonds is 2. The number of anilines is 1. The first-order valence-electron chi connectivity index (χ1n) is 2.98. The first-order chi connectivity index (χ1) is 5.36. The second-order valence-corrected chi connectivity index (χ2v) is 1.83. The molecule has 4 nitrogen and oxygen atoms in total. The van der Waals surface area contributed by atoms with Crippen LogP contribution in [0.15, 0.2) is 18.3 Å². The molecule has 54 valence electrons. The van der Waals surface area contributed by atoms with E-state index in [2.05, 4.69) is 10.3 Å². The van der Waals surface area contributed by atoms with Gasteiger partial charge in [-0.1, -0.05) is 0 Å². The van der Waals surface area contributed by atoms with Crippen molar-refractivity contribution in [2.75, 3.05) is 5.32 Å². The molecule has 0 atom stereocenters. The van der Waals surface area contributed by atoms with Gasteiger partial charge in [0.15, 0.2) is 0 Å². The van der Waals surface area contributed by atoms with E-state index in [-0.39, 0.29) is 0 Å². The molecule has 0 radical (unpaired) electrons. The molecule has 1 rings (SSSR count). The highest BCUT2D eigenvalue weighted by atomic mass is 15.0. The third kappa shape index (κ3) is 1.76. The van der Waals surface area contributed by atoms with Crippen molar-refractivity contribution in [1.29, 1.82) is 10.7 Å². The molecule has 1 heterocycles. The molecule has 0 bridgehead atoms. The first kappa shape index (κ1) is 7.22. The van der Waals surface area contributed by atoms with Crippen molar-refractivity contribution in [2.24, 2.45) is 0 Å². The largest absolute Gasteiger partial charge is 0.332 e. The number of hydrogen-bond acceptors (Lipinski definition) is 3. The average molecular weight is 146 g/mol. The molecular formula is C7H6N4. The SMILES string of the molecule is N#Cc1ccc(NC=N)nc1. The van der Waals surface area contributed by atoms with Gasteiger partial charge in [0.25, 0.3) is 0 Å². The molecule has 0 amide bonds. The van der Waals surface area contributed by atoms with Gasteiger partial charge in [-0.15, -0.1) is 0 Å². The van der Waals surface area contributed by atoms with Gasteiger partial charge in [-0.2, -0.15) is 5.26 Å². The molecule has 4 heteroatoms. The number of nitrogens with zero attached hydrogens (tertiary/aromatic N) is 2. The summed E-state index contributed by atoms with van der Waals surface area (Å²) in [5.74, 6) is 0.569. The number of aromatic nitrogens is 1. The van der Waals surface area contributed by atoms with E-state index < -0.39 is 0 Å². The lowest BCUT2D eigenvalue weighted by Crippen LogP contribution is -1.95. The molecule has 0 aliphatic rings. The summed E-state index contributed by atoms with van der Waals surface area (Å²) in [7, 11) is 0. The van der Waals surface area contributed by atoms with E-state index >= 15 is 0 Å². The van der Waals surface area contributed by atoms with Gasteiger partial charge in [0.05, 0.1) is 11.9 Å². The molecule has 1 aromatic heterocycles. The summed E-state index contributed by atoms with van der Waals surface area (Å²) in [4.78, 5) is 3.85. The lowest BCUT2D eigenvalue weighted by Gasteiger charge is -1.95. The van der Waals surface area contributed by atoms with Crippen LogP contribution in [-0.2, 0) is 0 Å². The van der Waals surface area contributed by atoms with Crippen LogP contribution in [0.5, 0.6) is 0 Å².